The average molecular weight is 474 g/mol. The number of aromatic nitrogens is 1. The number of amides is 1. The summed E-state index contributed by atoms with van der Waals surface area (Å²) in [6.45, 7) is 2.76. The number of benzene rings is 1. The molecule has 172 valence electrons. The lowest BCUT2D eigenvalue weighted by atomic mass is 9.90. The first-order valence-electron chi connectivity index (χ1n) is 11.4. The van der Waals surface area contributed by atoms with Gasteiger partial charge in [0.1, 0.15) is 4.90 Å². The van der Waals surface area contributed by atoms with E-state index in [9.17, 15) is 13.2 Å². The van der Waals surface area contributed by atoms with Gasteiger partial charge in [-0.05, 0) is 55.7 Å². The van der Waals surface area contributed by atoms with Crippen molar-refractivity contribution >= 4 is 27.7 Å². The largest absolute Gasteiger partial charge is 0.342 e. The maximum atomic E-state index is 12.7. The first-order valence-corrected chi connectivity index (χ1v) is 13.9. The van der Waals surface area contributed by atoms with Gasteiger partial charge in [-0.15, -0.1) is 0 Å². The Bertz CT molecular complexity index is 983. The van der Waals surface area contributed by atoms with Gasteiger partial charge in [-0.3, -0.25) is 4.79 Å². The van der Waals surface area contributed by atoms with Crippen LogP contribution in [-0.2, 0) is 21.2 Å². The molecule has 6 nitrogen and oxygen atoms in total. The first kappa shape index (κ1) is 23.3. The van der Waals surface area contributed by atoms with E-state index in [0.717, 1.165) is 51.6 Å². The minimum absolute atomic E-state index is 0.125. The molecule has 0 saturated carbocycles. The van der Waals surface area contributed by atoms with Crippen molar-refractivity contribution in [2.24, 2.45) is 5.92 Å². The molecule has 0 aliphatic carbocycles. The number of carbonyl (C=O) groups excluding carboxylic acids is 1. The zero-order chi connectivity index (χ0) is 22.4. The van der Waals surface area contributed by atoms with Crippen molar-refractivity contribution in [3.63, 3.8) is 0 Å². The fourth-order valence-corrected chi connectivity index (χ4v) is 6.63. The monoisotopic (exact) mass is 473 g/mol. The highest BCUT2D eigenvalue weighted by Crippen LogP contribution is 2.25. The van der Waals surface area contributed by atoms with Crippen molar-refractivity contribution in [1.82, 2.24) is 14.2 Å². The van der Waals surface area contributed by atoms with E-state index < -0.39 is 10.0 Å². The van der Waals surface area contributed by atoms with Crippen LogP contribution in [0.5, 0.6) is 0 Å². The molecule has 8 heteroatoms. The SMILES string of the molecule is O=C(CSc1ccc(S(=O)(=O)N2CCCCC2)cn1)N1CCC(Cc2ccccc2)CC1. The summed E-state index contributed by atoms with van der Waals surface area (Å²) in [5.41, 5.74) is 1.37. The molecule has 0 spiro atoms. The summed E-state index contributed by atoms with van der Waals surface area (Å²) in [5.74, 6) is 1.08. The fraction of sp³-hybridized carbons (Fsp3) is 0.500. The predicted molar refractivity (Wildman–Crippen MR) is 127 cm³/mol. The second-order valence-corrected chi connectivity index (χ2v) is 11.5. The summed E-state index contributed by atoms with van der Waals surface area (Å²) in [5, 5.41) is 0.676. The van der Waals surface area contributed by atoms with Crippen molar-refractivity contribution in [1.29, 1.82) is 0 Å². The molecule has 1 aromatic heterocycles. The number of hydrogen-bond acceptors (Lipinski definition) is 5. The fourth-order valence-electron chi connectivity index (χ4n) is 4.42. The van der Waals surface area contributed by atoms with Crippen LogP contribution in [0.3, 0.4) is 0 Å². The smallest absolute Gasteiger partial charge is 0.244 e. The molecule has 2 saturated heterocycles. The summed E-state index contributed by atoms with van der Waals surface area (Å²) >= 11 is 1.37. The molecular weight excluding hydrogens is 442 g/mol. The zero-order valence-corrected chi connectivity index (χ0v) is 20.0. The highest BCUT2D eigenvalue weighted by molar-refractivity contribution is 7.99. The van der Waals surface area contributed by atoms with E-state index in [1.165, 1.54) is 23.5 Å². The Morgan fingerprint density at radius 3 is 2.34 bits per heavy atom. The topological polar surface area (TPSA) is 70.6 Å². The number of carbonyl (C=O) groups is 1. The van der Waals surface area contributed by atoms with Gasteiger partial charge in [-0.2, -0.15) is 4.31 Å². The van der Waals surface area contributed by atoms with E-state index in [2.05, 4.69) is 29.2 Å². The number of thioether (sulfide) groups is 1. The van der Waals surface area contributed by atoms with Crippen molar-refractivity contribution in [3.8, 4) is 0 Å². The molecule has 0 radical (unpaired) electrons. The van der Waals surface area contributed by atoms with Crippen LogP contribution in [-0.4, -0.2) is 60.4 Å². The Morgan fingerprint density at radius 2 is 1.69 bits per heavy atom. The molecule has 0 unspecified atom stereocenters. The molecular formula is C24H31N3O3S2. The summed E-state index contributed by atoms with van der Waals surface area (Å²) < 4.78 is 27.0. The summed E-state index contributed by atoms with van der Waals surface area (Å²) in [6.07, 6.45) is 7.47. The van der Waals surface area contributed by atoms with Crippen molar-refractivity contribution in [3.05, 3.63) is 54.2 Å². The first-order chi connectivity index (χ1) is 15.5. The van der Waals surface area contributed by atoms with Crippen molar-refractivity contribution in [2.75, 3.05) is 31.9 Å². The average Bonchev–Trinajstić information content (AvgIpc) is 2.84. The molecule has 0 bridgehead atoms. The van der Waals surface area contributed by atoms with E-state index in [1.54, 1.807) is 16.4 Å². The van der Waals surface area contributed by atoms with E-state index in [-0.39, 0.29) is 10.8 Å². The van der Waals surface area contributed by atoms with Crippen LogP contribution >= 0.6 is 11.8 Å². The Balaban J connectivity index is 1.24. The molecule has 2 aromatic rings. The molecule has 2 aliphatic rings. The van der Waals surface area contributed by atoms with Crippen LogP contribution < -0.4 is 0 Å². The van der Waals surface area contributed by atoms with Gasteiger partial charge < -0.3 is 4.90 Å². The van der Waals surface area contributed by atoms with E-state index in [0.29, 0.717) is 29.8 Å². The number of hydrogen-bond donors (Lipinski definition) is 0. The minimum atomic E-state index is -3.47. The second kappa shape index (κ2) is 10.8. The summed E-state index contributed by atoms with van der Waals surface area (Å²) in [6, 6.07) is 13.9. The van der Waals surface area contributed by atoms with Crippen LogP contribution in [0.1, 0.15) is 37.7 Å². The number of likely N-dealkylation sites (tertiary alicyclic amines) is 1. The molecule has 1 amide bonds. The molecule has 0 N–H and O–H groups in total. The number of pyridine rings is 1. The Morgan fingerprint density at radius 1 is 0.969 bits per heavy atom. The molecule has 2 fully saturated rings. The van der Waals surface area contributed by atoms with Crippen LogP contribution in [0.15, 0.2) is 58.6 Å². The van der Waals surface area contributed by atoms with Gasteiger partial charge >= 0.3 is 0 Å². The number of nitrogens with zero attached hydrogens (tertiary/aromatic N) is 3. The summed E-state index contributed by atoms with van der Waals surface area (Å²) in [7, 11) is -3.47. The Hall–Kier alpha value is -1.90. The van der Waals surface area contributed by atoms with E-state index in [1.807, 2.05) is 11.0 Å². The van der Waals surface area contributed by atoms with Gasteiger partial charge in [0.25, 0.3) is 0 Å². The Kier molecular flexibility index (Phi) is 7.86. The lowest BCUT2D eigenvalue weighted by Crippen LogP contribution is -2.39. The molecule has 4 rings (SSSR count). The minimum Gasteiger partial charge on any atom is -0.342 e. The highest BCUT2D eigenvalue weighted by atomic mass is 32.2. The number of rotatable bonds is 7. The third kappa shape index (κ3) is 5.91. The third-order valence-corrected chi connectivity index (χ3v) is 9.15. The number of piperidine rings is 2. The number of sulfonamides is 1. The zero-order valence-electron chi connectivity index (χ0n) is 18.4. The standard InChI is InChI=1S/C24H31N3O3S2/c28-24(26-15-11-21(12-16-26)17-20-7-3-1-4-8-20)19-31-23-10-9-22(18-25-23)32(29,30)27-13-5-2-6-14-27/h1,3-4,7-10,18,21H,2,5-6,11-17,19H2. The van der Waals surface area contributed by atoms with Crippen molar-refractivity contribution < 1.29 is 13.2 Å². The molecule has 2 aliphatic heterocycles. The normalized spacial score (nSPS) is 18.6. The van der Waals surface area contributed by atoms with Crippen LogP contribution in [0.2, 0.25) is 0 Å². The van der Waals surface area contributed by atoms with Crippen molar-refractivity contribution in [2.45, 2.75) is 48.4 Å². The molecule has 32 heavy (non-hydrogen) atoms. The maximum Gasteiger partial charge on any atom is 0.244 e. The second-order valence-electron chi connectivity index (χ2n) is 8.60. The van der Waals surface area contributed by atoms with Crippen LogP contribution in [0.25, 0.3) is 0 Å². The lowest BCUT2D eigenvalue weighted by Gasteiger charge is -2.32. The van der Waals surface area contributed by atoms with E-state index >= 15 is 0 Å². The molecule has 1 aromatic carbocycles. The van der Waals surface area contributed by atoms with Gasteiger partial charge in [0.2, 0.25) is 15.9 Å². The summed E-state index contributed by atoms with van der Waals surface area (Å²) in [4.78, 5) is 19.1. The highest BCUT2D eigenvalue weighted by Gasteiger charge is 2.26. The van der Waals surface area contributed by atoms with E-state index in [4.69, 9.17) is 0 Å². The lowest BCUT2D eigenvalue weighted by molar-refractivity contribution is -0.129. The van der Waals surface area contributed by atoms with Gasteiger partial charge in [0.15, 0.2) is 0 Å². The predicted octanol–water partition coefficient (Wildman–Crippen LogP) is 3.83. The third-order valence-electron chi connectivity index (χ3n) is 6.34. The Labute approximate surface area is 195 Å². The maximum absolute atomic E-state index is 12.7. The molecule has 0 atom stereocenters. The van der Waals surface area contributed by atoms with Gasteiger partial charge in [-0.25, -0.2) is 13.4 Å². The van der Waals surface area contributed by atoms with Gasteiger partial charge in [0, 0.05) is 32.4 Å². The quantitative estimate of drug-likeness (QED) is 0.572. The van der Waals surface area contributed by atoms with Gasteiger partial charge in [-0.1, -0.05) is 48.5 Å². The van der Waals surface area contributed by atoms with Crippen LogP contribution in [0, 0.1) is 5.92 Å². The molecule has 3 heterocycles. The van der Waals surface area contributed by atoms with Gasteiger partial charge in [0.05, 0.1) is 10.8 Å². The van der Waals surface area contributed by atoms with Crippen LogP contribution in [0.4, 0.5) is 0 Å².